The Labute approximate surface area is 68.6 Å². The Bertz CT molecular complexity index is 393. The minimum absolute atomic E-state index is 0.494. The molecule has 0 N–H and O–H groups in total. The van der Waals surface area contributed by atoms with E-state index in [1.807, 2.05) is 6.92 Å². The Morgan fingerprint density at radius 2 is 2.36 bits per heavy atom. The molecule has 0 bridgehead atoms. The maximum Gasteiger partial charge on any atom is 0.156 e. The molecule has 0 atom stereocenters. The van der Waals surface area contributed by atoms with Crippen molar-refractivity contribution in [2.24, 2.45) is 0 Å². The van der Waals surface area contributed by atoms with Gasteiger partial charge in [-0.2, -0.15) is 5.10 Å². The third kappa shape index (κ3) is 0.973. The summed E-state index contributed by atoms with van der Waals surface area (Å²) in [5.41, 5.74) is 1.89. The highest BCUT2D eigenvalue weighted by Crippen LogP contribution is 2.10. The molecule has 2 heterocycles. The highest BCUT2D eigenvalue weighted by atomic mass is 35.5. The quantitative estimate of drug-likeness (QED) is 0.598. The van der Waals surface area contributed by atoms with E-state index in [1.165, 1.54) is 0 Å². The zero-order valence-electron chi connectivity index (χ0n) is 5.95. The summed E-state index contributed by atoms with van der Waals surface area (Å²) in [7, 11) is 0. The summed E-state index contributed by atoms with van der Waals surface area (Å²) in [6.45, 7) is 1.95. The van der Waals surface area contributed by atoms with E-state index in [1.54, 1.807) is 23.0 Å². The van der Waals surface area contributed by atoms with Gasteiger partial charge in [0.1, 0.15) is 5.15 Å². The van der Waals surface area contributed by atoms with Gasteiger partial charge in [0.05, 0.1) is 0 Å². The zero-order valence-corrected chi connectivity index (χ0v) is 6.71. The molecule has 56 valence electrons. The lowest BCUT2D eigenvalue weighted by atomic mass is 10.3. The van der Waals surface area contributed by atoms with Gasteiger partial charge in [-0.05, 0) is 18.6 Å². The molecule has 0 aromatic carbocycles. The molecule has 0 amide bonds. The van der Waals surface area contributed by atoms with Crippen molar-refractivity contribution < 1.29 is 0 Å². The molecule has 3 nitrogen and oxygen atoms in total. The zero-order chi connectivity index (χ0) is 7.84. The average molecular weight is 168 g/mol. The number of aryl methyl sites for hydroxylation is 1. The highest BCUT2D eigenvalue weighted by Gasteiger charge is 1.99. The fraction of sp³-hybridized carbons (Fsp3) is 0.143. The first-order valence-electron chi connectivity index (χ1n) is 3.24. The monoisotopic (exact) mass is 167 g/mol. The number of hydrogen-bond donors (Lipinski definition) is 0. The second-order valence-electron chi connectivity index (χ2n) is 2.35. The topological polar surface area (TPSA) is 30.2 Å². The number of halogens is 1. The SMILES string of the molecule is Cc1cc(Cl)nn2ccnc12. The first-order chi connectivity index (χ1) is 5.27. The normalized spacial score (nSPS) is 10.7. The van der Waals surface area contributed by atoms with E-state index in [4.69, 9.17) is 11.6 Å². The lowest BCUT2D eigenvalue weighted by Gasteiger charge is -1.96. The van der Waals surface area contributed by atoms with Crippen molar-refractivity contribution in [1.82, 2.24) is 14.6 Å². The van der Waals surface area contributed by atoms with Crippen molar-refractivity contribution in [3.8, 4) is 0 Å². The molecule has 0 spiro atoms. The third-order valence-corrected chi connectivity index (χ3v) is 1.70. The van der Waals surface area contributed by atoms with E-state index < -0.39 is 0 Å². The van der Waals surface area contributed by atoms with Crippen molar-refractivity contribution >= 4 is 17.2 Å². The summed E-state index contributed by atoms with van der Waals surface area (Å²) in [6.07, 6.45) is 3.47. The van der Waals surface area contributed by atoms with Gasteiger partial charge in [-0.1, -0.05) is 11.6 Å². The van der Waals surface area contributed by atoms with Gasteiger partial charge in [0.2, 0.25) is 0 Å². The standard InChI is InChI=1S/C7H6ClN3/c1-5-4-6(8)10-11-3-2-9-7(5)11/h2-4H,1H3. The predicted octanol–water partition coefficient (Wildman–Crippen LogP) is 1.69. The molecule has 4 heteroatoms. The number of rotatable bonds is 0. The van der Waals surface area contributed by atoms with Gasteiger partial charge in [0.25, 0.3) is 0 Å². The summed E-state index contributed by atoms with van der Waals surface area (Å²) in [5.74, 6) is 0. The summed E-state index contributed by atoms with van der Waals surface area (Å²) in [4.78, 5) is 4.10. The highest BCUT2D eigenvalue weighted by molar-refractivity contribution is 6.29. The van der Waals surface area contributed by atoms with Crippen LogP contribution in [0.1, 0.15) is 5.56 Å². The Kier molecular flexibility index (Phi) is 1.32. The van der Waals surface area contributed by atoms with Crippen LogP contribution in [0.25, 0.3) is 5.65 Å². The van der Waals surface area contributed by atoms with Crippen LogP contribution >= 0.6 is 11.6 Å². The number of aromatic nitrogens is 3. The lowest BCUT2D eigenvalue weighted by molar-refractivity contribution is 0.928. The molecule has 2 aromatic rings. The van der Waals surface area contributed by atoms with E-state index in [-0.39, 0.29) is 0 Å². The Hall–Kier alpha value is -1.09. The van der Waals surface area contributed by atoms with Gasteiger partial charge in [-0.3, -0.25) is 0 Å². The van der Waals surface area contributed by atoms with Crippen LogP contribution in [0, 0.1) is 6.92 Å². The Morgan fingerprint density at radius 3 is 3.18 bits per heavy atom. The van der Waals surface area contributed by atoms with Crippen LogP contribution in [0.2, 0.25) is 5.15 Å². The Morgan fingerprint density at radius 1 is 1.55 bits per heavy atom. The second kappa shape index (κ2) is 2.20. The molecule has 0 aliphatic rings. The van der Waals surface area contributed by atoms with Crippen LogP contribution in [0.15, 0.2) is 18.5 Å². The average Bonchev–Trinajstić information content (AvgIpc) is 2.34. The Balaban J connectivity index is 2.91. The predicted molar refractivity (Wildman–Crippen MR) is 42.7 cm³/mol. The van der Waals surface area contributed by atoms with Gasteiger partial charge >= 0.3 is 0 Å². The minimum Gasteiger partial charge on any atom is -0.235 e. The molecular formula is C7H6ClN3. The number of hydrogen-bond acceptors (Lipinski definition) is 2. The van der Waals surface area contributed by atoms with Crippen LogP contribution in [0.3, 0.4) is 0 Å². The van der Waals surface area contributed by atoms with Crippen molar-refractivity contribution in [3.63, 3.8) is 0 Å². The van der Waals surface area contributed by atoms with Gasteiger partial charge < -0.3 is 0 Å². The van der Waals surface area contributed by atoms with Gasteiger partial charge in [-0.25, -0.2) is 9.50 Å². The maximum absolute atomic E-state index is 5.72. The van der Waals surface area contributed by atoms with Crippen molar-refractivity contribution in [1.29, 1.82) is 0 Å². The van der Waals surface area contributed by atoms with Crippen LogP contribution in [-0.4, -0.2) is 14.6 Å². The van der Waals surface area contributed by atoms with Crippen LogP contribution in [0.4, 0.5) is 0 Å². The van der Waals surface area contributed by atoms with E-state index in [0.717, 1.165) is 11.2 Å². The summed E-state index contributed by atoms with van der Waals surface area (Å²) < 4.78 is 1.66. The molecule has 0 radical (unpaired) electrons. The summed E-state index contributed by atoms with van der Waals surface area (Å²) in [5, 5.41) is 4.51. The molecule has 11 heavy (non-hydrogen) atoms. The number of imidazole rings is 1. The number of fused-ring (bicyclic) bond motifs is 1. The molecule has 0 unspecified atom stereocenters. The summed E-state index contributed by atoms with van der Waals surface area (Å²) >= 11 is 5.72. The molecule has 0 fully saturated rings. The lowest BCUT2D eigenvalue weighted by Crippen LogP contribution is -1.92. The fourth-order valence-corrected chi connectivity index (χ4v) is 1.28. The first kappa shape index (κ1) is 6.61. The third-order valence-electron chi connectivity index (χ3n) is 1.51. The van der Waals surface area contributed by atoms with Gasteiger partial charge in [-0.15, -0.1) is 0 Å². The van der Waals surface area contributed by atoms with E-state index in [9.17, 15) is 0 Å². The van der Waals surface area contributed by atoms with E-state index in [0.29, 0.717) is 5.15 Å². The fourth-order valence-electron chi connectivity index (χ4n) is 1.04. The van der Waals surface area contributed by atoms with Crippen LogP contribution in [0.5, 0.6) is 0 Å². The molecule has 0 aliphatic heterocycles. The van der Waals surface area contributed by atoms with E-state index >= 15 is 0 Å². The molecule has 0 saturated heterocycles. The molecule has 0 saturated carbocycles. The van der Waals surface area contributed by atoms with Crippen molar-refractivity contribution in [2.45, 2.75) is 6.92 Å². The summed E-state index contributed by atoms with van der Waals surface area (Å²) in [6, 6.07) is 1.80. The van der Waals surface area contributed by atoms with Crippen LogP contribution in [-0.2, 0) is 0 Å². The second-order valence-corrected chi connectivity index (χ2v) is 2.73. The number of nitrogens with zero attached hydrogens (tertiary/aromatic N) is 3. The van der Waals surface area contributed by atoms with Crippen LogP contribution < -0.4 is 0 Å². The minimum atomic E-state index is 0.494. The van der Waals surface area contributed by atoms with Crippen molar-refractivity contribution in [2.75, 3.05) is 0 Å². The molecule has 2 rings (SSSR count). The van der Waals surface area contributed by atoms with Crippen molar-refractivity contribution in [3.05, 3.63) is 29.2 Å². The van der Waals surface area contributed by atoms with Gasteiger partial charge in [0.15, 0.2) is 5.65 Å². The molecule has 0 aliphatic carbocycles. The first-order valence-corrected chi connectivity index (χ1v) is 3.61. The largest absolute Gasteiger partial charge is 0.235 e. The van der Waals surface area contributed by atoms with E-state index in [2.05, 4.69) is 10.1 Å². The van der Waals surface area contributed by atoms with Gasteiger partial charge in [0, 0.05) is 12.4 Å². The smallest absolute Gasteiger partial charge is 0.156 e. The molecule has 2 aromatic heterocycles. The molecular weight excluding hydrogens is 162 g/mol. The maximum atomic E-state index is 5.72.